The molecule has 1 aromatic rings. The largest absolute Gasteiger partial charge is 0.362 e. The lowest BCUT2D eigenvalue weighted by atomic mass is 10.1. The lowest BCUT2D eigenvalue weighted by Gasteiger charge is -2.30. The van der Waals surface area contributed by atoms with Gasteiger partial charge in [0.15, 0.2) is 5.00 Å². The molecule has 0 radical (unpaired) electrons. The normalized spacial score (nSPS) is 29.1. The van der Waals surface area contributed by atoms with Crippen LogP contribution in [-0.2, 0) is 0 Å². The predicted octanol–water partition coefficient (Wildman–Crippen LogP) is 3.77. The van der Waals surface area contributed by atoms with Crippen molar-refractivity contribution in [2.75, 3.05) is 5.32 Å². The summed E-state index contributed by atoms with van der Waals surface area (Å²) in [5.74, 6) is 0. The fourth-order valence-corrected chi connectivity index (χ4v) is 1.91. The first-order chi connectivity index (χ1) is 7.21. The quantitative estimate of drug-likeness (QED) is 0.612. The van der Waals surface area contributed by atoms with E-state index in [1.54, 1.807) is 0 Å². The molecule has 1 N–H and O–H groups in total. The van der Waals surface area contributed by atoms with E-state index in [1.807, 2.05) is 54.6 Å². The van der Waals surface area contributed by atoms with Crippen LogP contribution in [0, 0.1) is 0 Å². The molecule has 0 spiro atoms. The van der Waals surface area contributed by atoms with Gasteiger partial charge < -0.3 is 5.32 Å². The van der Waals surface area contributed by atoms with E-state index in [2.05, 4.69) is 5.32 Å². The van der Waals surface area contributed by atoms with Gasteiger partial charge in [-0.25, -0.2) is 0 Å². The van der Waals surface area contributed by atoms with Crippen molar-refractivity contribution >= 4 is 28.9 Å². The van der Waals surface area contributed by atoms with Crippen LogP contribution in [0.2, 0.25) is 0 Å². The van der Waals surface area contributed by atoms with E-state index in [0.717, 1.165) is 5.69 Å². The van der Waals surface area contributed by atoms with Gasteiger partial charge in [-0.2, -0.15) is 0 Å². The zero-order chi connectivity index (χ0) is 10.7. The number of allylic oxidation sites excluding steroid dienone is 2. The van der Waals surface area contributed by atoms with E-state index in [0.29, 0.717) is 0 Å². The minimum atomic E-state index is -0.738. The first kappa shape index (κ1) is 10.6. The third-order valence-electron chi connectivity index (χ3n) is 2.24. The van der Waals surface area contributed by atoms with Crippen molar-refractivity contribution in [3.05, 3.63) is 54.6 Å². The van der Waals surface area contributed by atoms with Crippen LogP contribution in [0.5, 0.6) is 0 Å². The Morgan fingerprint density at radius 1 is 1.13 bits per heavy atom. The van der Waals surface area contributed by atoms with Crippen molar-refractivity contribution < 1.29 is 0 Å². The smallest absolute Gasteiger partial charge is 0.151 e. The van der Waals surface area contributed by atoms with E-state index in [1.165, 1.54) is 0 Å². The van der Waals surface area contributed by atoms with Gasteiger partial charge in [0, 0.05) is 5.69 Å². The maximum Gasteiger partial charge on any atom is 0.151 e. The van der Waals surface area contributed by atoms with Crippen LogP contribution in [0.25, 0.3) is 0 Å². The van der Waals surface area contributed by atoms with Gasteiger partial charge in [0.1, 0.15) is 0 Å². The van der Waals surface area contributed by atoms with Gasteiger partial charge in [0.2, 0.25) is 0 Å². The number of hydrogen-bond donors (Lipinski definition) is 1. The molecular formula is C12H11Cl2N. The van der Waals surface area contributed by atoms with Crippen LogP contribution in [0.15, 0.2) is 54.6 Å². The molecular weight excluding hydrogens is 229 g/mol. The van der Waals surface area contributed by atoms with E-state index in [4.69, 9.17) is 23.2 Å². The molecule has 78 valence electrons. The highest BCUT2D eigenvalue weighted by Crippen LogP contribution is 2.31. The molecule has 0 aliphatic heterocycles. The van der Waals surface area contributed by atoms with Crippen LogP contribution >= 0.6 is 23.2 Å². The zero-order valence-corrected chi connectivity index (χ0v) is 9.54. The molecule has 15 heavy (non-hydrogen) atoms. The van der Waals surface area contributed by atoms with Crippen molar-refractivity contribution in [3.8, 4) is 0 Å². The minimum Gasteiger partial charge on any atom is -0.362 e. The Hall–Kier alpha value is -0.920. The van der Waals surface area contributed by atoms with Gasteiger partial charge in [0.05, 0.1) is 5.38 Å². The molecule has 0 bridgehead atoms. The molecule has 2 rings (SSSR count). The lowest BCUT2D eigenvalue weighted by Crippen LogP contribution is -2.39. The third-order valence-corrected chi connectivity index (χ3v) is 3.30. The van der Waals surface area contributed by atoms with E-state index >= 15 is 0 Å². The van der Waals surface area contributed by atoms with Crippen LogP contribution in [0.1, 0.15) is 0 Å². The second kappa shape index (κ2) is 4.30. The van der Waals surface area contributed by atoms with E-state index in [-0.39, 0.29) is 5.38 Å². The summed E-state index contributed by atoms with van der Waals surface area (Å²) in [7, 11) is 0. The molecule has 1 nitrogen and oxygen atoms in total. The summed E-state index contributed by atoms with van der Waals surface area (Å²) in [5, 5.41) is 2.94. The van der Waals surface area contributed by atoms with Gasteiger partial charge in [-0.15, -0.1) is 11.6 Å². The average molecular weight is 240 g/mol. The Kier molecular flexibility index (Phi) is 3.03. The number of nitrogens with one attached hydrogen (secondary N) is 1. The number of benzene rings is 1. The molecule has 1 aliphatic carbocycles. The monoisotopic (exact) mass is 239 g/mol. The van der Waals surface area contributed by atoms with Crippen molar-refractivity contribution in [2.45, 2.75) is 10.4 Å². The SMILES string of the molecule is ClC1C=CC=CC1(Cl)Nc1ccccc1. The average Bonchev–Trinajstić information content (AvgIpc) is 2.24. The second-order valence-electron chi connectivity index (χ2n) is 3.40. The summed E-state index contributed by atoms with van der Waals surface area (Å²) in [6.45, 7) is 0. The molecule has 0 amide bonds. The number of halogens is 2. The molecule has 0 saturated heterocycles. The summed E-state index contributed by atoms with van der Waals surface area (Å²) >= 11 is 12.5. The molecule has 0 fully saturated rings. The van der Waals surface area contributed by atoms with Crippen LogP contribution in [-0.4, -0.2) is 10.4 Å². The Bertz CT molecular complexity index is 386. The molecule has 2 unspecified atom stereocenters. The Morgan fingerprint density at radius 2 is 1.87 bits per heavy atom. The van der Waals surface area contributed by atoms with Crippen LogP contribution < -0.4 is 5.32 Å². The Balaban J connectivity index is 2.18. The van der Waals surface area contributed by atoms with Gasteiger partial charge in [-0.05, 0) is 18.2 Å². The number of alkyl halides is 2. The maximum atomic E-state index is 6.38. The first-order valence-corrected chi connectivity index (χ1v) is 5.54. The highest BCUT2D eigenvalue weighted by molar-refractivity contribution is 6.35. The van der Waals surface area contributed by atoms with Gasteiger partial charge in [0.25, 0.3) is 0 Å². The fourth-order valence-electron chi connectivity index (χ4n) is 1.44. The van der Waals surface area contributed by atoms with Gasteiger partial charge in [-0.1, -0.05) is 48.0 Å². The molecule has 1 aromatic carbocycles. The van der Waals surface area contributed by atoms with Gasteiger partial charge >= 0.3 is 0 Å². The maximum absolute atomic E-state index is 6.38. The summed E-state index contributed by atoms with van der Waals surface area (Å²) in [6, 6.07) is 9.78. The van der Waals surface area contributed by atoms with Gasteiger partial charge in [-0.3, -0.25) is 0 Å². The van der Waals surface area contributed by atoms with Crippen molar-refractivity contribution in [1.29, 1.82) is 0 Å². The molecule has 0 aromatic heterocycles. The molecule has 2 atom stereocenters. The summed E-state index contributed by atoms with van der Waals surface area (Å²) in [6.07, 6.45) is 7.51. The highest BCUT2D eigenvalue weighted by Gasteiger charge is 2.32. The zero-order valence-electron chi connectivity index (χ0n) is 8.03. The van der Waals surface area contributed by atoms with Crippen molar-refractivity contribution in [2.24, 2.45) is 0 Å². The summed E-state index contributed by atoms with van der Waals surface area (Å²) < 4.78 is 0. The summed E-state index contributed by atoms with van der Waals surface area (Å²) in [4.78, 5) is -0.738. The van der Waals surface area contributed by atoms with E-state index < -0.39 is 5.00 Å². The van der Waals surface area contributed by atoms with E-state index in [9.17, 15) is 0 Å². The minimum absolute atomic E-state index is 0.260. The first-order valence-electron chi connectivity index (χ1n) is 4.73. The fraction of sp³-hybridized carbons (Fsp3) is 0.167. The number of rotatable bonds is 2. The Labute approximate surface area is 99.4 Å². The number of para-hydroxylation sites is 1. The van der Waals surface area contributed by atoms with Crippen LogP contribution in [0.3, 0.4) is 0 Å². The highest BCUT2D eigenvalue weighted by atomic mass is 35.5. The standard InChI is InChI=1S/C12H11Cl2N/c13-11-8-4-5-9-12(11,14)15-10-6-2-1-3-7-10/h1-9,11,15H. The second-order valence-corrected chi connectivity index (χ2v) is 4.50. The number of hydrogen-bond acceptors (Lipinski definition) is 1. The molecule has 1 aliphatic rings. The molecule has 0 saturated carbocycles. The molecule has 0 heterocycles. The van der Waals surface area contributed by atoms with Crippen molar-refractivity contribution in [3.63, 3.8) is 0 Å². The summed E-state index contributed by atoms with van der Waals surface area (Å²) in [5.41, 5.74) is 0.957. The molecule has 3 heteroatoms. The van der Waals surface area contributed by atoms with Crippen LogP contribution in [0.4, 0.5) is 5.69 Å². The predicted molar refractivity (Wildman–Crippen MR) is 66.6 cm³/mol. The lowest BCUT2D eigenvalue weighted by molar-refractivity contribution is 0.808. The van der Waals surface area contributed by atoms with Crippen molar-refractivity contribution in [1.82, 2.24) is 0 Å². The Morgan fingerprint density at radius 3 is 2.53 bits per heavy atom. The topological polar surface area (TPSA) is 12.0 Å². The number of anilines is 1. The third kappa shape index (κ3) is 2.36.